The highest BCUT2D eigenvalue weighted by Gasteiger charge is 2.10. The van der Waals surface area contributed by atoms with Gasteiger partial charge in [0, 0.05) is 26.2 Å². The summed E-state index contributed by atoms with van der Waals surface area (Å²) >= 11 is 0. The van der Waals surface area contributed by atoms with Crippen molar-refractivity contribution in [3.8, 4) is 0 Å². The van der Waals surface area contributed by atoms with Crippen molar-refractivity contribution in [2.45, 2.75) is 19.6 Å². The molecule has 0 aliphatic heterocycles. The van der Waals surface area contributed by atoms with E-state index in [0.717, 1.165) is 19.6 Å². The van der Waals surface area contributed by atoms with Crippen molar-refractivity contribution < 1.29 is 5.11 Å². The molecule has 0 saturated heterocycles. The number of halogens is 1. The summed E-state index contributed by atoms with van der Waals surface area (Å²) in [5.41, 5.74) is 1.33. The van der Waals surface area contributed by atoms with E-state index in [1.807, 2.05) is 0 Å². The summed E-state index contributed by atoms with van der Waals surface area (Å²) in [5, 5.41) is 24.0. The normalized spacial score (nSPS) is 12.7. The molecule has 26 heavy (non-hydrogen) atoms. The third-order valence-corrected chi connectivity index (χ3v) is 4.85. The Bertz CT molecular complexity index is 984. The molecule has 3 N–H and O–H groups in total. The van der Waals surface area contributed by atoms with Crippen molar-refractivity contribution in [2.75, 3.05) is 19.6 Å². The maximum Gasteiger partial charge on any atom is 0.0636 e. The third-order valence-electron chi connectivity index (χ3n) is 4.85. The van der Waals surface area contributed by atoms with Crippen LogP contribution in [0, 0.1) is 0 Å². The van der Waals surface area contributed by atoms with Crippen LogP contribution < -0.4 is 10.6 Å². The van der Waals surface area contributed by atoms with Gasteiger partial charge in [0.25, 0.3) is 0 Å². The van der Waals surface area contributed by atoms with Crippen LogP contribution in [0.15, 0.2) is 54.6 Å². The molecule has 0 spiro atoms. The zero-order chi connectivity index (χ0) is 17.2. The highest BCUT2D eigenvalue weighted by Crippen LogP contribution is 2.35. The predicted octanol–water partition coefficient (Wildman–Crippen LogP) is 4.07. The van der Waals surface area contributed by atoms with E-state index in [1.54, 1.807) is 6.92 Å². The van der Waals surface area contributed by atoms with Crippen molar-refractivity contribution in [3.63, 3.8) is 0 Å². The average Bonchev–Trinajstić information content (AvgIpc) is 2.63. The van der Waals surface area contributed by atoms with Gasteiger partial charge in [0.1, 0.15) is 0 Å². The molecule has 0 fully saturated rings. The lowest BCUT2D eigenvalue weighted by molar-refractivity contribution is 0.191. The molecule has 0 aromatic heterocycles. The second kappa shape index (κ2) is 8.19. The molecule has 0 saturated carbocycles. The second-order valence-electron chi connectivity index (χ2n) is 6.81. The summed E-state index contributed by atoms with van der Waals surface area (Å²) in [6, 6.07) is 19.9. The standard InChI is InChI=1S/C22H24N2O.ClH/c1-15(25)13-23-11-12-24-14-19-8-7-18-6-5-16-3-2-4-17-9-10-20(19)22(18)21(16)17;/h2-10,15,23-25H,11-14H2,1H3;1H. The van der Waals surface area contributed by atoms with Gasteiger partial charge >= 0.3 is 0 Å². The van der Waals surface area contributed by atoms with E-state index >= 15 is 0 Å². The van der Waals surface area contributed by atoms with Gasteiger partial charge in [-0.1, -0.05) is 54.6 Å². The van der Waals surface area contributed by atoms with Gasteiger partial charge in [-0.3, -0.25) is 0 Å². The van der Waals surface area contributed by atoms with Gasteiger partial charge in [-0.2, -0.15) is 0 Å². The van der Waals surface area contributed by atoms with Crippen LogP contribution in [0.1, 0.15) is 12.5 Å². The van der Waals surface area contributed by atoms with Crippen molar-refractivity contribution in [1.29, 1.82) is 0 Å². The summed E-state index contributed by atoms with van der Waals surface area (Å²) < 4.78 is 0. The van der Waals surface area contributed by atoms with Gasteiger partial charge in [0.05, 0.1) is 6.10 Å². The first-order valence-electron chi connectivity index (χ1n) is 8.99. The van der Waals surface area contributed by atoms with Crippen LogP contribution in [0.4, 0.5) is 0 Å². The van der Waals surface area contributed by atoms with Crippen LogP contribution in [0.25, 0.3) is 32.3 Å². The van der Waals surface area contributed by atoms with Crippen molar-refractivity contribution >= 4 is 44.7 Å². The van der Waals surface area contributed by atoms with E-state index in [2.05, 4.69) is 65.2 Å². The number of benzene rings is 4. The Labute approximate surface area is 160 Å². The van der Waals surface area contributed by atoms with Crippen LogP contribution in [-0.4, -0.2) is 30.8 Å². The predicted molar refractivity (Wildman–Crippen MR) is 114 cm³/mol. The fourth-order valence-electron chi connectivity index (χ4n) is 3.66. The summed E-state index contributed by atoms with van der Waals surface area (Å²) in [6.07, 6.45) is -0.294. The molecule has 4 heteroatoms. The summed E-state index contributed by atoms with van der Waals surface area (Å²) in [5.74, 6) is 0. The minimum atomic E-state index is -0.294. The van der Waals surface area contributed by atoms with Gasteiger partial charge < -0.3 is 15.7 Å². The lowest BCUT2D eigenvalue weighted by Crippen LogP contribution is -2.31. The molecule has 0 radical (unpaired) electrons. The van der Waals surface area contributed by atoms with Crippen LogP contribution in [0.3, 0.4) is 0 Å². The summed E-state index contributed by atoms with van der Waals surface area (Å²) in [6.45, 7) is 5.03. The Balaban J connectivity index is 0.00000196. The number of rotatable bonds is 7. The minimum absolute atomic E-state index is 0. The Hall–Kier alpha value is -1.91. The van der Waals surface area contributed by atoms with Crippen molar-refractivity contribution in [1.82, 2.24) is 10.6 Å². The monoisotopic (exact) mass is 368 g/mol. The number of nitrogens with one attached hydrogen (secondary N) is 2. The molecule has 1 unspecified atom stereocenters. The van der Waals surface area contributed by atoms with Gasteiger partial charge in [-0.05, 0) is 44.8 Å². The van der Waals surface area contributed by atoms with Crippen LogP contribution >= 0.6 is 12.4 Å². The fraction of sp³-hybridized carbons (Fsp3) is 0.273. The van der Waals surface area contributed by atoms with Crippen molar-refractivity contribution in [3.05, 3.63) is 60.2 Å². The first-order chi connectivity index (χ1) is 12.2. The van der Waals surface area contributed by atoms with E-state index < -0.39 is 0 Å². The smallest absolute Gasteiger partial charge is 0.0636 e. The number of aliphatic hydroxyl groups excluding tert-OH is 1. The largest absolute Gasteiger partial charge is 0.392 e. The molecule has 136 valence electrons. The van der Waals surface area contributed by atoms with E-state index in [1.165, 1.54) is 37.9 Å². The quantitative estimate of drug-likeness (QED) is 0.340. The first-order valence-corrected chi connectivity index (χ1v) is 8.99. The number of aliphatic hydroxyl groups is 1. The maximum atomic E-state index is 9.26. The van der Waals surface area contributed by atoms with Crippen LogP contribution in [0.2, 0.25) is 0 Å². The Kier molecular flexibility index (Phi) is 5.94. The van der Waals surface area contributed by atoms with E-state index in [9.17, 15) is 5.11 Å². The van der Waals surface area contributed by atoms with E-state index in [4.69, 9.17) is 0 Å². The molecule has 0 aliphatic carbocycles. The zero-order valence-corrected chi connectivity index (χ0v) is 15.8. The SMILES string of the molecule is CC(O)CNCCNCc1ccc2ccc3cccc4ccc1c2c34.Cl. The molecule has 0 bridgehead atoms. The molecular weight excluding hydrogens is 344 g/mol. The van der Waals surface area contributed by atoms with Gasteiger partial charge in [-0.25, -0.2) is 0 Å². The van der Waals surface area contributed by atoms with E-state index in [0.29, 0.717) is 6.54 Å². The molecule has 3 nitrogen and oxygen atoms in total. The molecule has 4 rings (SSSR count). The summed E-state index contributed by atoms with van der Waals surface area (Å²) in [7, 11) is 0. The Morgan fingerprint density at radius 2 is 1.42 bits per heavy atom. The van der Waals surface area contributed by atoms with Gasteiger partial charge in [0.15, 0.2) is 0 Å². The fourth-order valence-corrected chi connectivity index (χ4v) is 3.66. The zero-order valence-electron chi connectivity index (χ0n) is 15.0. The third kappa shape index (κ3) is 3.62. The summed E-state index contributed by atoms with van der Waals surface area (Å²) in [4.78, 5) is 0. The van der Waals surface area contributed by atoms with E-state index in [-0.39, 0.29) is 18.5 Å². The highest BCUT2D eigenvalue weighted by atomic mass is 35.5. The molecule has 0 heterocycles. The maximum absolute atomic E-state index is 9.26. The Morgan fingerprint density at radius 3 is 2.15 bits per heavy atom. The number of hydrogen-bond acceptors (Lipinski definition) is 3. The average molecular weight is 369 g/mol. The molecule has 4 aromatic rings. The molecule has 0 aliphatic rings. The van der Waals surface area contributed by atoms with Gasteiger partial charge in [-0.15, -0.1) is 12.4 Å². The van der Waals surface area contributed by atoms with Crippen LogP contribution in [-0.2, 0) is 6.54 Å². The first kappa shape index (κ1) is 18.9. The highest BCUT2D eigenvalue weighted by molar-refractivity contribution is 6.23. The molecule has 1 atom stereocenters. The van der Waals surface area contributed by atoms with Crippen molar-refractivity contribution in [2.24, 2.45) is 0 Å². The molecule has 0 amide bonds. The topological polar surface area (TPSA) is 44.3 Å². The Morgan fingerprint density at radius 1 is 0.808 bits per heavy atom. The second-order valence-corrected chi connectivity index (χ2v) is 6.81. The molecular formula is C22H25ClN2O. The molecule has 4 aromatic carbocycles. The lowest BCUT2D eigenvalue weighted by Gasteiger charge is -2.14. The lowest BCUT2D eigenvalue weighted by atomic mass is 9.92. The minimum Gasteiger partial charge on any atom is -0.392 e. The van der Waals surface area contributed by atoms with Gasteiger partial charge in [0.2, 0.25) is 0 Å². The van der Waals surface area contributed by atoms with Crippen LogP contribution in [0.5, 0.6) is 0 Å². The number of hydrogen-bond donors (Lipinski definition) is 3.